The second-order valence-electron chi connectivity index (χ2n) is 4.05. The van der Waals surface area contributed by atoms with Crippen LogP contribution >= 0.6 is 11.3 Å². The first-order valence-corrected chi connectivity index (χ1v) is 6.05. The summed E-state index contributed by atoms with van der Waals surface area (Å²) in [7, 11) is 0. The zero-order chi connectivity index (χ0) is 13.2. The molecule has 0 aliphatic rings. The molecule has 94 valence electrons. The Bertz CT molecular complexity index is 452. The molecule has 5 nitrogen and oxygen atoms in total. The average Bonchev–Trinajstić information content (AvgIpc) is 2.40. The van der Waals surface area contributed by atoms with Gasteiger partial charge in [0.1, 0.15) is 5.00 Å². The number of urea groups is 1. The third-order valence-corrected chi connectivity index (χ3v) is 3.37. The molecule has 1 aromatic rings. The van der Waals surface area contributed by atoms with Gasteiger partial charge in [-0.1, -0.05) is 0 Å². The fourth-order valence-corrected chi connectivity index (χ4v) is 2.42. The number of hydrogen-bond acceptors (Lipinski definition) is 3. The normalized spacial score (nSPS) is 10.4. The van der Waals surface area contributed by atoms with Crippen LogP contribution in [-0.4, -0.2) is 23.1 Å². The Morgan fingerprint density at radius 3 is 2.35 bits per heavy atom. The summed E-state index contributed by atoms with van der Waals surface area (Å²) in [6, 6.07) is -0.380. The summed E-state index contributed by atoms with van der Waals surface area (Å²) in [4.78, 5) is 23.5. The van der Waals surface area contributed by atoms with Gasteiger partial charge >= 0.3 is 12.0 Å². The van der Waals surface area contributed by atoms with Crippen LogP contribution in [0.4, 0.5) is 9.80 Å². The summed E-state index contributed by atoms with van der Waals surface area (Å²) in [5.41, 5.74) is 0.869. The lowest BCUT2D eigenvalue weighted by Gasteiger charge is -2.09. The molecule has 0 saturated heterocycles. The van der Waals surface area contributed by atoms with Crippen molar-refractivity contribution in [1.29, 1.82) is 0 Å². The zero-order valence-corrected chi connectivity index (χ0v) is 11.1. The minimum Gasteiger partial charge on any atom is -0.478 e. The molecule has 1 aromatic heterocycles. The SMILES string of the molecule is Cc1sc(NC(=O)NC(C)C)c(C(=O)O)c1C. The van der Waals surface area contributed by atoms with E-state index in [1.165, 1.54) is 11.3 Å². The van der Waals surface area contributed by atoms with E-state index in [1.807, 2.05) is 20.8 Å². The van der Waals surface area contributed by atoms with Gasteiger partial charge < -0.3 is 10.4 Å². The molecule has 0 fully saturated rings. The molecular weight excluding hydrogens is 240 g/mol. The molecule has 1 rings (SSSR count). The zero-order valence-electron chi connectivity index (χ0n) is 10.2. The van der Waals surface area contributed by atoms with E-state index in [4.69, 9.17) is 5.11 Å². The van der Waals surface area contributed by atoms with Gasteiger partial charge in [-0.15, -0.1) is 11.3 Å². The van der Waals surface area contributed by atoms with Crippen LogP contribution in [-0.2, 0) is 0 Å². The lowest BCUT2D eigenvalue weighted by Crippen LogP contribution is -2.34. The summed E-state index contributed by atoms with van der Waals surface area (Å²) in [5, 5.41) is 14.7. The van der Waals surface area contributed by atoms with Crippen LogP contribution in [0.5, 0.6) is 0 Å². The number of amides is 2. The molecule has 0 aliphatic carbocycles. The predicted molar refractivity (Wildman–Crippen MR) is 68.0 cm³/mol. The molecule has 0 unspecified atom stereocenters. The van der Waals surface area contributed by atoms with Crippen molar-refractivity contribution in [2.45, 2.75) is 33.7 Å². The highest BCUT2D eigenvalue weighted by atomic mass is 32.1. The molecular formula is C11H16N2O3S. The first kappa shape index (κ1) is 13.5. The van der Waals surface area contributed by atoms with E-state index in [9.17, 15) is 9.59 Å². The minimum atomic E-state index is -1.02. The molecule has 0 aliphatic heterocycles. The molecule has 1 heterocycles. The van der Waals surface area contributed by atoms with Gasteiger partial charge in [0.05, 0.1) is 5.56 Å². The summed E-state index contributed by atoms with van der Waals surface area (Å²) in [5.74, 6) is -1.02. The molecule has 0 atom stereocenters. The van der Waals surface area contributed by atoms with Crippen molar-refractivity contribution in [2.75, 3.05) is 5.32 Å². The van der Waals surface area contributed by atoms with Crippen LogP contribution in [0.15, 0.2) is 0 Å². The van der Waals surface area contributed by atoms with Crippen molar-refractivity contribution >= 4 is 28.3 Å². The average molecular weight is 256 g/mol. The maximum atomic E-state index is 11.5. The van der Waals surface area contributed by atoms with Gasteiger partial charge in [0.2, 0.25) is 0 Å². The number of carboxylic acid groups (broad SMARTS) is 1. The number of rotatable bonds is 3. The number of nitrogens with one attached hydrogen (secondary N) is 2. The molecule has 17 heavy (non-hydrogen) atoms. The maximum absolute atomic E-state index is 11.5. The molecule has 6 heteroatoms. The Labute approximate surface area is 104 Å². The highest BCUT2D eigenvalue weighted by Crippen LogP contribution is 2.32. The highest BCUT2D eigenvalue weighted by Gasteiger charge is 2.20. The largest absolute Gasteiger partial charge is 0.478 e. The Balaban J connectivity index is 2.95. The fraction of sp³-hybridized carbons (Fsp3) is 0.455. The van der Waals surface area contributed by atoms with Gasteiger partial charge in [-0.2, -0.15) is 0 Å². The van der Waals surface area contributed by atoms with Crippen LogP contribution in [0.3, 0.4) is 0 Å². The molecule has 0 saturated carbocycles. The third-order valence-electron chi connectivity index (χ3n) is 2.25. The number of thiophene rings is 1. The molecule has 0 bridgehead atoms. The van der Waals surface area contributed by atoms with E-state index in [1.54, 1.807) is 6.92 Å². The van der Waals surface area contributed by atoms with E-state index in [0.29, 0.717) is 10.6 Å². The standard InChI is InChI=1S/C11H16N2O3S/c1-5(2)12-11(16)13-9-8(10(14)15)6(3)7(4)17-9/h5H,1-4H3,(H,14,15)(H2,12,13,16). The quantitative estimate of drug-likeness (QED) is 0.777. The lowest BCUT2D eigenvalue weighted by atomic mass is 10.1. The monoisotopic (exact) mass is 256 g/mol. The smallest absolute Gasteiger partial charge is 0.338 e. The highest BCUT2D eigenvalue weighted by molar-refractivity contribution is 7.16. The molecule has 3 N–H and O–H groups in total. The van der Waals surface area contributed by atoms with Crippen molar-refractivity contribution in [3.8, 4) is 0 Å². The summed E-state index contributed by atoms with van der Waals surface area (Å²) >= 11 is 1.27. The lowest BCUT2D eigenvalue weighted by molar-refractivity contribution is 0.0697. The van der Waals surface area contributed by atoms with Gasteiger partial charge in [-0.3, -0.25) is 5.32 Å². The second kappa shape index (κ2) is 5.18. The van der Waals surface area contributed by atoms with Crippen molar-refractivity contribution in [2.24, 2.45) is 0 Å². The number of carboxylic acids is 1. The maximum Gasteiger partial charge on any atom is 0.338 e. The molecule has 0 radical (unpaired) electrons. The number of carbonyl (C=O) groups excluding carboxylic acids is 1. The van der Waals surface area contributed by atoms with Crippen LogP contribution in [0.1, 0.15) is 34.6 Å². The minimum absolute atomic E-state index is 0.00503. The van der Waals surface area contributed by atoms with Gasteiger partial charge in [0.25, 0.3) is 0 Å². The third kappa shape index (κ3) is 3.20. The number of aromatic carboxylic acids is 1. The Morgan fingerprint density at radius 2 is 1.88 bits per heavy atom. The van der Waals surface area contributed by atoms with E-state index in [0.717, 1.165) is 4.88 Å². The topological polar surface area (TPSA) is 78.4 Å². The van der Waals surface area contributed by atoms with Crippen molar-refractivity contribution in [1.82, 2.24) is 5.32 Å². The van der Waals surface area contributed by atoms with Crippen molar-refractivity contribution in [3.63, 3.8) is 0 Å². The number of anilines is 1. The fourth-order valence-electron chi connectivity index (χ4n) is 1.37. The van der Waals surface area contributed by atoms with E-state index in [-0.39, 0.29) is 17.6 Å². The summed E-state index contributed by atoms with van der Waals surface area (Å²) < 4.78 is 0. The van der Waals surface area contributed by atoms with Gasteiger partial charge in [-0.25, -0.2) is 9.59 Å². The predicted octanol–water partition coefficient (Wildman–Crippen LogP) is 2.59. The van der Waals surface area contributed by atoms with Crippen LogP contribution in [0, 0.1) is 13.8 Å². The van der Waals surface area contributed by atoms with Crippen LogP contribution in [0.25, 0.3) is 0 Å². The van der Waals surface area contributed by atoms with Crippen LogP contribution in [0.2, 0.25) is 0 Å². The molecule has 0 aromatic carbocycles. The number of carbonyl (C=O) groups is 2. The summed E-state index contributed by atoms with van der Waals surface area (Å²) in [6.07, 6.45) is 0. The van der Waals surface area contributed by atoms with Crippen molar-refractivity contribution in [3.05, 3.63) is 16.0 Å². The van der Waals surface area contributed by atoms with Gasteiger partial charge in [0.15, 0.2) is 0 Å². The molecule has 0 spiro atoms. The first-order valence-electron chi connectivity index (χ1n) is 5.23. The Morgan fingerprint density at radius 1 is 1.29 bits per heavy atom. The van der Waals surface area contributed by atoms with E-state index in [2.05, 4.69) is 10.6 Å². The van der Waals surface area contributed by atoms with Gasteiger partial charge in [-0.05, 0) is 33.3 Å². The van der Waals surface area contributed by atoms with E-state index < -0.39 is 5.97 Å². The van der Waals surface area contributed by atoms with Crippen LogP contribution < -0.4 is 10.6 Å². The number of hydrogen-bond donors (Lipinski definition) is 3. The van der Waals surface area contributed by atoms with Gasteiger partial charge in [0, 0.05) is 10.9 Å². The second-order valence-corrected chi connectivity index (χ2v) is 5.27. The Kier molecular flexibility index (Phi) is 4.11. The number of aryl methyl sites for hydroxylation is 1. The van der Waals surface area contributed by atoms with E-state index >= 15 is 0 Å². The Hall–Kier alpha value is -1.56. The summed E-state index contributed by atoms with van der Waals surface area (Å²) in [6.45, 7) is 7.24. The first-order chi connectivity index (χ1) is 7.82. The van der Waals surface area contributed by atoms with Crippen molar-refractivity contribution < 1.29 is 14.7 Å². The molecule has 2 amide bonds.